The number of rotatable bonds is 7. The molecule has 0 spiro atoms. The quantitative estimate of drug-likeness (QED) is 0.570. The van der Waals surface area contributed by atoms with Gasteiger partial charge in [0.2, 0.25) is 10.0 Å². The van der Waals surface area contributed by atoms with Crippen LogP contribution >= 0.6 is 11.8 Å². The van der Waals surface area contributed by atoms with E-state index in [2.05, 4.69) is 5.32 Å². The second-order valence-corrected chi connectivity index (χ2v) is 10.2. The van der Waals surface area contributed by atoms with Gasteiger partial charge in [0.15, 0.2) is 0 Å². The molecule has 0 bridgehead atoms. The van der Waals surface area contributed by atoms with Crippen molar-refractivity contribution in [2.75, 3.05) is 31.2 Å². The Hall–Kier alpha value is -1.32. The van der Waals surface area contributed by atoms with Gasteiger partial charge in [-0.3, -0.25) is 10.1 Å². The van der Waals surface area contributed by atoms with Crippen LogP contribution in [-0.2, 0) is 10.0 Å². The van der Waals surface area contributed by atoms with E-state index in [9.17, 15) is 18.5 Å². The molecule has 1 aliphatic heterocycles. The summed E-state index contributed by atoms with van der Waals surface area (Å²) in [4.78, 5) is 10.9. The first-order valence-corrected chi connectivity index (χ1v) is 10.9. The van der Waals surface area contributed by atoms with Crippen molar-refractivity contribution < 1.29 is 13.3 Å². The van der Waals surface area contributed by atoms with E-state index in [1.807, 2.05) is 20.1 Å². The molecule has 0 aliphatic carbocycles. The van der Waals surface area contributed by atoms with Gasteiger partial charge in [-0.05, 0) is 45.1 Å². The van der Waals surface area contributed by atoms with E-state index in [1.54, 1.807) is 11.8 Å². The second-order valence-electron chi connectivity index (χ2n) is 6.72. The molecule has 1 fully saturated rings. The number of nitro groups is 1. The van der Waals surface area contributed by atoms with E-state index >= 15 is 0 Å². The molecule has 0 radical (unpaired) electrons. The van der Waals surface area contributed by atoms with Gasteiger partial charge in [-0.2, -0.15) is 16.1 Å². The van der Waals surface area contributed by atoms with Crippen LogP contribution in [0.2, 0.25) is 0 Å². The van der Waals surface area contributed by atoms with Crippen LogP contribution in [0.1, 0.15) is 33.1 Å². The highest BCUT2D eigenvalue weighted by atomic mass is 32.2. The van der Waals surface area contributed by atoms with E-state index in [0.717, 1.165) is 19.3 Å². The van der Waals surface area contributed by atoms with Crippen molar-refractivity contribution in [1.29, 1.82) is 0 Å². The van der Waals surface area contributed by atoms with Gasteiger partial charge in [-0.15, -0.1) is 0 Å². The van der Waals surface area contributed by atoms with E-state index in [-0.39, 0.29) is 15.3 Å². The van der Waals surface area contributed by atoms with Gasteiger partial charge in [-0.25, -0.2) is 8.42 Å². The van der Waals surface area contributed by atoms with Crippen LogP contribution in [0.15, 0.2) is 23.1 Å². The number of piperidine rings is 1. The molecule has 1 saturated heterocycles. The predicted molar refractivity (Wildman–Crippen MR) is 102 cm³/mol. The number of anilines is 1. The molecule has 0 aromatic heterocycles. The van der Waals surface area contributed by atoms with Gasteiger partial charge in [0.25, 0.3) is 5.69 Å². The van der Waals surface area contributed by atoms with Crippen LogP contribution in [0.25, 0.3) is 0 Å². The maximum atomic E-state index is 12.7. The zero-order valence-electron chi connectivity index (χ0n) is 14.8. The minimum absolute atomic E-state index is 0.0178. The molecule has 1 heterocycles. The van der Waals surface area contributed by atoms with Crippen LogP contribution in [-0.4, -0.2) is 48.3 Å². The second kappa shape index (κ2) is 7.92. The van der Waals surface area contributed by atoms with Crippen molar-refractivity contribution >= 4 is 33.2 Å². The summed E-state index contributed by atoms with van der Waals surface area (Å²) in [7, 11) is -3.69. The molecule has 0 unspecified atom stereocenters. The molecular formula is C16H25N3O4S2. The van der Waals surface area contributed by atoms with Crippen molar-refractivity contribution in [3.8, 4) is 0 Å². The first-order chi connectivity index (χ1) is 11.7. The van der Waals surface area contributed by atoms with Gasteiger partial charge in [0.05, 0.1) is 9.82 Å². The smallest absolute Gasteiger partial charge is 0.293 e. The lowest BCUT2D eigenvalue weighted by molar-refractivity contribution is -0.384. The third-order valence-corrected chi connectivity index (χ3v) is 7.52. The summed E-state index contributed by atoms with van der Waals surface area (Å²) in [6, 6.07) is 4.11. The SMILES string of the molecule is CSC(C)(C)CNc1ccc(S(=O)(=O)N2CCCCC2)cc1[N+](=O)[O-]. The van der Waals surface area contributed by atoms with Crippen molar-refractivity contribution in [2.24, 2.45) is 0 Å². The molecule has 0 atom stereocenters. The zero-order chi connectivity index (χ0) is 18.7. The number of nitrogens with zero attached hydrogens (tertiary/aromatic N) is 2. The van der Waals surface area contributed by atoms with Gasteiger partial charge in [0.1, 0.15) is 5.69 Å². The predicted octanol–water partition coefficient (Wildman–Crippen LogP) is 3.32. The summed E-state index contributed by atoms with van der Waals surface area (Å²) in [5.41, 5.74) is 0.125. The maximum absolute atomic E-state index is 12.7. The lowest BCUT2D eigenvalue weighted by Crippen LogP contribution is -2.35. The number of nitro benzene ring substituents is 1. The van der Waals surface area contributed by atoms with Gasteiger partial charge >= 0.3 is 0 Å². The molecule has 1 aliphatic rings. The summed E-state index contributed by atoms with van der Waals surface area (Å²) in [5, 5.41) is 14.5. The highest BCUT2D eigenvalue weighted by Gasteiger charge is 2.29. The maximum Gasteiger partial charge on any atom is 0.293 e. The summed E-state index contributed by atoms with van der Waals surface area (Å²) in [5.74, 6) is 0. The third kappa shape index (κ3) is 4.86. The number of nitrogens with one attached hydrogen (secondary N) is 1. The normalized spacial score (nSPS) is 16.6. The van der Waals surface area contributed by atoms with Crippen LogP contribution in [0.5, 0.6) is 0 Å². The highest BCUT2D eigenvalue weighted by Crippen LogP contribution is 2.31. The van der Waals surface area contributed by atoms with Crippen molar-refractivity contribution in [3.63, 3.8) is 0 Å². The molecule has 1 aromatic carbocycles. The number of thioether (sulfide) groups is 1. The standard InChI is InChI=1S/C16H25N3O4S2/c1-16(2,24-3)12-17-14-8-7-13(11-15(14)19(20)21)25(22,23)18-9-5-4-6-10-18/h7-8,11,17H,4-6,9-10,12H2,1-3H3. The Morgan fingerprint density at radius 3 is 2.48 bits per heavy atom. The van der Waals surface area contributed by atoms with E-state index < -0.39 is 14.9 Å². The van der Waals surface area contributed by atoms with E-state index in [4.69, 9.17) is 0 Å². The minimum Gasteiger partial charge on any atom is -0.378 e. The Labute approximate surface area is 153 Å². The monoisotopic (exact) mass is 387 g/mol. The molecule has 0 amide bonds. The molecular weight excluding hydrogens is 362 g/mol. The lowest BCUT2D eigenvalue weighted by Gasteiger charge is -2.26. The molecule has 0 saturated carbocycles. The molecule has 9 heteroatoms. The average Bonchev–Trinajstić information content (AvgIpc) is 2.60. The van der Waals surface area contributed by atoms with Crippen LogP contribution in [0.3, 0.4) is 0 Å². The third-order valence-electron chi connectivity index (χ3n) is 4.38. The van der Waals surface area contributed by atoms with Crippen LogP contribution < -0.4 is 5.32 Å². The minimum atomic E-state index is -3.69. The van der Waals surface area contributed by atoms with Gasteiger partial charge in [0, 0.05) is 30.4 Å². The topological polar surface area (TPSA) is 92.6 Å². The van der Waals surface area contributed by atoms with Gasteiger partial charge < -0.3 is 5.32 Å². The molecule has 7 nitrogen and oxygen atoms in total. The molecule has 2 rings (SSSR count). The highest BCUT2D eigenvalue weighted by molar-refractivity contribution is 7.99. The summed E-state index contributed by atoms with van der Waals surface area (Å²) >= 11 is 1.65. The molecule has 1 N–H and O–H groups in total. The first-order valence-electron chi connectivity index (χ1n) is 8.25. The number of hydrogen-bond donors (Lipinski definition) is 1. The van der Waals surface area contributed by atoms with Crippen molar-refractivity contribution in [1.82, 2.24) is 4.31 Å². The average molecular weight is 388 g/mol. The first kappa shape index (κ1) is 20.0. The number of sulfonamides is 1. The fourth-order valence-corrected chi connectivity index (χ4v) is 4.36. The molecule has 1 aromatic rings. The summed E-state index contributed by atoms with van der Waals surface area (Å²) < 4.78 is 26.8. The van der Waals surface area contributed by atoms with Crippen LogP contribution in [0.4, 0.5) is 11.4 Å². The summed E-state index contributed by atoms with van der Waals surface area (Å²) in [6.45, 7) is 5.54. The lowest BCUT2D eigenvalue weighted by atomic mass is 10.2. The Morgan fingerprint density at radius 2 is 1.92 bits per heavy atom. The van der Waals surface area contributed by atoms with E-state index in [0.29, 0.717) is 25.3 Å². The van der Waals surface area contributed by atoms with Crippen LogP contribution in [0, 0.1) is 10.1 Å². The Morgan fingerprint density at radius 1 is 1.28 bits per heavy atom. The zero-order valence-corrected chi connectivity index (χ0v) is 16.5. The van der Waals surface area contributed by atoms with Crippen molar-refractivity contribution in [3.05, 3.63) is 28.3 Å². The molecule has 140 valence electrons. The molecule has 25 heavy (non-hydrogen) atoms. The Balaban J connectivity index is 2.30. The number of hydrogen-bond acceptors (Lipinski definition) is 6. The Kier molecular flexibility index (Phi) is 6.34. The largest absolute Gasteiger partial charge is 0.378 e. The van der Waals surface area contributed by atoms with Gasteiger partial charge in [-0.1, -0.05) is 6.42 Å². The fourth-order valence-electron chi connectivity index (χ4n) is 2.61. The summed E-state index contributed by atoms with van der Waals surface area (Å²) in [6.07, 6.45) is 4.64. The van der Waals surface area contributed by atoms with Crippen molar-refractivity contribution in [2.45, 2.75) is 42.8 Å². The number of benzene rings is 1. The Bertz CT molecular complexity index is 729. The van der Waals surface area contributed by atoms with E-state index in [1.165, 1.54) is 22.5 Å². The fraction of sp³-hybridized carbons (Fsp3) is 0.625.